The monoisotopic (exact) mass is 286 g/mol. The Morgan fingerprint density at radius 3 is 2.67 bits per heavy atom. The lowest BCUT2D eigenvalue weighted by Crippen LogP contribution is -2.24. The molecule has 0 N–H and O–H groups in total. The minimum absolute atomic E-state index is 0.00555. The number of rotatable bonds is 3. The summed E-state index contributed by atoms with van der Waals surface area (Å²) in [7, 11) is 0. The minimum atomic E-state index is -0.513. The summed E-state index contributed by atoms with van der Waals surface area (Å²) in [6.07, 6.45) is 2.33. The highest BCUT2D eigenvalue weighted by Gasteiger charge is 2.25. The Kier molecular flexibility index (Phi) is 3.82. The van der Waals surface area contributed by atoms with Crippen LogP contribution in [0.15, 0.2) is 42.5 Å². The van der Waals surface area contributed by atoms with Gasteiger partial charge in [0.05, 0.1) is 0 Å². The summed E-state index contributed by atoms with van der Waals surface area (Å²) in [5.74, 6) is -1.12. The molecule has 21 heavy (non-hydrogen) atoms. The lowest BCUT2D eigenvalue weighted by Gasteiger charge is -2.23. The van der Waals surface area contributed by atoms with E-state index in [1.165, 1.54) is 11.1 Å². The summed E-state index contributed by atoms with van der Waals surface area (Å²) < 4.78 is 26.8. The van der Waals surface area contributed by atoms with E-state index >= 15 is 0 Å². The van der Waals surface area contributed by atoms with Gasteiger partial charge in [0.15, 0.2) is 0 Å². The van der Waals surface area contributed by atoms with E-state index in [0.717, 1.165) is 31.0 Å². The number of hydrogen-bond donors (Lipinski definition) is 0. The van der Waals surface area contributed by atoms with E-state index < -0.39 is 11.6 Å². The van der Waals surface area contributed by atoms with Crippen LogP contribution >= 0.6 is 0 Å². The van der Waals surface area contributed by atoms with Gasteiger partial charge in [-0.05, 0) is 54.2 Å². The Balaban J connectivity index is 1.74. The van der Waals surface area contributed by atoms with E-state index in [4.69, 9.17) is 0 Å². The van der Waals surface area contributed by atoms with Crippen molar-refractivity contribution in [2.45, 2.75) is 25.7 Å². The maximum Gasteiger partial charge on any atom is 0.140 e. The second kappa shape index (κ2) is 5.76. The molecule has 108 valence electrons. The summed E-state index contributed by atoms with van der Waals surface area (Å²) in [4.78, 5) is 12.4. The van der Waals surface area contributed by atoms with Crippen LogP contribution in [0.4, 0.5) is 8.78 Å². The van der Waals surface area contributed by atoms with Crippen LogP contribution in [0.25, 0.3) is 0 Å². The van der Waals surface area contributed by atoms with Gasteiger partial charge in [-0.3, -0.25) is 4.79 Å². The Bertz CT molecular complexity index is 679. The Morgan fingerprint density at radius 2 is 1.86 bits per heavy atom. The number of aryl methyl sites for hydroxylation is 1. The molecule has 1 aliphatic rings. The van der Waals surface area contributed by atoms with Gasteiger partial charge < -0.3 is 0 Å². The summed E-state index contributed by atoms with van der Waals surface area (Å²) in [5, 5.41) is 0. The van der Waals surface area contributed by atoms with Crippen LogP contribution in [0.2, 0.25) is 0 Å². The first kappa shape index (κ1) is 13.9. The molecule has 3 rings (SSSR count). The van der Waals surface area contributed by atoms with Crippen molar-refractivity contribution in [1.82, 2.24) is 0 Å². The van der Waals surface area contributed by atoms with E-state index in [2.05, 4.69) is 6.07 Å². The highest BCUT2D eigenvalue weighted by molar-refractivity contribution is 5.83. The van der Waals surface area contributed by atoms with Gasteiger partial charge in [-0.2, -0.15) is 0 Å². The molecule has 2 aromatic rings. The molecule has 0 bridgehead atoms. The quantitative estimate of drug-likeness (QED) is 0.837. The minimum Gasteiger partial charge on any atom is -0.299 e. The van der Waals surface area contributed by atoms with Crippen LogP contribution < -0.4 is 0 Å². The van der Waals surface area contributed by atoms with Crippen molar-refractivity contribution in [2.75, 3.05) is 0 Å². The molecular weight excluding hydrogens is 270 g/mol. The van der Waals surface area contributed by atoms with Crippen LogP contribution in [0.3, 0.4) is 0 Å². The average molecular weight is 286 g/mol. The fourth-order valence-electron chi connectivity index (χ4n) is 2.98. The first-order valence-electron chi connectivity index (χ1n) is 7.17. The molecule has 0 spiro atoms. The number of ketones is 1. The zero-order valence-electron chi connectivity index (χ0n) is 11.6. The molecule has 0 saturated carbocycles. The van der Waals surface area contributed by atoms with Gasteiger partial charge in [0.1, 0.15) is 17.4 Å². The SMILES string of the molecule is O=C(Cc1cc(F)ccc1F)C1CCc2ccccc2C1. The zero-order chi connectivity index (χ0) is 14.8. The summed E-state index contributed by atoms with van der Waals surface area (Å²) in [6.45, 7) is 0. The van der Waals surface area contributed by atoms with Gasteiger partial charge in [-0.25, -0.2) is 8.78 Å². The first-order valence-corrected chi connectivity index (χ1v) is 7.17. The van der Waals surface area contributed by atoms with Crippen LogP contribution in [0.5, 0.6) is 0 Å². The van der Waals surface area contributed by atoms with Crippen LogP contribution in [-0.4, -0.2) is 5.78 Å². The molecule has 0 amide bonds. The Morgan fingerprint density at radius 1 is 1.10 bits per heavy atom. The number of benzene rings is 2. The third-order valence-corrected chi connectivity index (χ3v) is 4.17. The fraction of sp³-hybridized carbons (Fsp3) is 0.278. The first-order chi connectivity index (χ1) is 10.1. The molecule has 0 heterocycles. The Labute approximate surface area is 122 Å². The van der Waals surface area contributed by atoms with Gasteiger partial charge >= 0.3 is 0 Å². The van der Waals surface area contributed by atoms with E-state index in [1.54, 1.807) is 0 Å². The largest absolute Gasteiger partial charge is 0.299 e. The van der Waals surface area contributed by atoms with E-state index in [-0.39, 0.29) is 23.7 Å². The van der Waals surface area contributed by atoms with Crippen LogP contribution in [0.1, 0.15) is 23.1 Å². The van der Waals surface area contributed by atoms with E-state index in [0.29, 0.717) is 6.42 Å². The number of halogens is 2. The van der Waals surface area contributed by atoms with Gasteiger partial charge in [-0.1, -0.05) is 24.3 Å². The van der Waals surface area contributed by atoms with Crippen molar-refractivity contribution < 1.29 is 13.6 Å². The van der Waals surface area contributed by atoms with Crippen LogP contribution in [-0.2, 0) is 24.1 Å². The molecule has 0 radical (unpaired) electrons. The molecule has 1 atom stereocenters. The van der Waals surface area contributed by atoms with Gasteiger partial charge in [0.2, 0.25) is 0 Å². The lowest BCUT2D eigenvalue weighted by molar-refractivity contribution is -0.122. The second-order valence-electron chi connectivity index (χ2n) is 5.59. The highest BCUT2D eigenvalue weighted by Crippen LogP contribution is 2.27. The van der Waals surface area contributed by atoms with Crippen molar-refractivity contribution in [3.63, 3.8) is 0 Å². The molecule has 1 aliphatic carbocycles. The number of carbonyl (C=O) groups excluding carboxylic acids is 1. The third-order valence-electron chi connectivity index (χ3n) is 4.17. The average Bonchev–Trinajstić information content (AvgIpc) is 2.50. The van der Waals surface area contributed by atoms with Crippen molar-refractivity contribution >= 4 is 5.78 Å². The smallest absolute Gasteiger partial charge is 0.140 e. The fourth-order valence-corrected chi connectivity index (χ4v) is 2.98. The Hall–Kier alpha value is -2.03. The molecular formula is C18H16F2O. The zero-order valence-corrected chi connectivity index (χ0v) is 11.6. The van der Waals surface area contributed by atoms with E-state index in [1.807, 2.05) is 18.2 Å². The van der Waals surface area contributed by atoms with Gasteiger partial charge in [-0.15, -0.1) is 0 Å². The molecule has 1 unspecified atom stereocenters. The van der Waals surface area contributed by atoms with E-state index in [9.17, 15) is 13.6 Å². The van der Waals surface area contributed by atoms with Crippen LogP contribution in [0, 0.1) is 17.6 Å². The summed E-state index contributed by atoms with van der Waals surface area (Å²) in [5.41, 5.74) is 2.64. The van der Waals surface area contributed by atoms with Crippen molar-refractivity contribution in [2.24, 2.45) is 5.92 Å². The predicted molar refractivity (Wildman–Crippen MR) is 77.0 cm³/mol. The molecule has 0 fully saturated rings. The predicted octanol–water partition coefficient (Wildman–Crippen LogP) is 3.88. The number of Topliss-reactive ketones (excluding diaryl/α,β-unsaturated/α-hetero) is 1. The molecule has 0 aromatic heterocycles. The third kappa shape index (κ3) is 3.02. The molecule has 1 nitrogen and oxygen atoms in total. The molecule has 0 saturated heterocycles. The lowest BCUT2D eigenvalue weighted by atomic mass is 9.80. The van der Waals surface area contributed by atoms with Crippen molar-refractivity contribution in [3.8, 4) is 0 Å². The van der Waals surface area contributed by atoms with Crippen molar-refractivity contribution in [1.29, 1.82) is 0 Å². The van der Waals surface area contributed by atoms with Gasteiger partial charge in [0.25, 0.3) is 0 Å². The second-order valence-corrected chi connectivity index (χ2v) is 5.59. The number of carbonyl (C=O) groups is 1. The maximum absolute atomic E-state index is 13.6. The summed E-state index contributed by atoms with van der Waals surface area (Å²) in [6, 6.07) is 11.4. The normalized spacial score (nSPS) is 17.3. The van der Waals surface area contributed by atoms with Crippen molar-refractivity contribution in [3.05, 3.63) is 70.8 Å². The maximum atomic E-state index is 13.6. The molecule has 0 aliphatic heterocycles. The summed E-state index contributed by atoms with van der Waals surface area (Å²) >= 11 is 0. The standard InChI is InChI=1S/C18H16F2O/c19-16-7-8-17(20)15(10-16)11-18(21)14-6-5-12-3-1-2-4-13(12)9-14/h1-4,7-8,10,14H,5-6,9,11H2. The highest BCUT2D eigenvalue weighted by atomic mass is 19.1. The molecule has 2 aromatic carbocycles. The molecule has 3 heteroatoms. The topological polar surface area (TPSA) is 17.1 Å². The van der Waals surface area contributed by atoms with Gasteiger partial charge in [0, 0.05) is 12.3 Å². The number of hydrogen-bond acceptors (Lipinski definition) is 1. The number of fused-ring (bicyclic) bond motifs is 1.